The summed E-state index contributed by atoms with van der Waals surface area (Å²) in [6, 6.07) is 2.63. The van der Waals surface area contributed by atoms with E-state index >= 15 is 0 Å². The zero-order valence-corrected chi connectivity index (χ0v) is 10.1. The second-order valence-corrected chi connectivity index (χ2v) is 5.42. The fourth-order valence-electron chi connectivity index (χ4n) is 3.30. The first-order valence-corrected chi connectivity index (χ1v) is 6.45. The number of hydrogen-bond donors (Lipinski definition) is 0. The van der Waals surface area contributed by atoms with E-state index in [0.717, 1.165) is 23.8 Å². The molecule has 2 fully saturated rings. The van der Waals surface area contributed by atoms with Gasteiger partial charge in [-0.3, -0.25) is 0 Å². The maximum absolute atomic E-state index is 6.07. The second-order valence-electron chi connectivity index (χ2n) is 5.03. The van der Waals surface area contributed by atoms with Crippen LogP contribution in [-0.4, -0.2) is 27.2 Å². The minimum Gasteiger partial charge on any atom is -0.365 e. The van der Waals surface area contributed by atoms with Crippen LogP contribution in [0.4, 0.5) is 5.69 Å². The first kappa shape index (κ1) is 9.71. The third-order valence-electron chi connectivity index (χ3n) is 4.03. The lowest BCUT2D eigenvalue weighted by Crippen LogP contribution is -2.32. The molecular weight excluding hydrogens is 236 g/mol. The molecule has 4 nitrogen and oxygen atoms in total. The van der Waals surface area contributed by atoms with Crippen LogP contribution in [0.5, 0.6) is 0 Å². The SMILES string of the molecule is Clc1cc(N2CC3CCC2C3)c2nccn2n1. The molecule has 2 aromatic rings. The Hall–Kier alpha value is -1.29. The second kappa shape index (κ2) is 3.35. The average Bonchev–Trinajstić information content (AvgIpc) is 3.02. The molecule has 5 heteroatoms. The largest absolute Gasteiger partial charge is 0.365 e. The fraction of sp³-hybridized carbons (Fsp3) is 0.500. The van der Waals surface area contributed by atoms with Crippen LogP contribution in [0, 0.1) is 5.92 Å². The molecule has 1 saturated heterocycles. The highest BCUT2D eigenvalue weighted by Crippen LogP contribution is 2.41. The lowest BCUT2D eigenvalue weighted by Gasteiger charge is -2.29. The lowest BCUT2D eigenvalue weighted by atomic mass is 10.1. The highest BCUT2D eigenvalue weighted by atomic mass is 35.5. The number of piperidine rings is 1. The molecule has 0 radical (unpaired) electrons. The van der Waals surface area contributed by atoms with Gasteiger partial charge in [-0.25, -0.2) is 9.50 Å². The number of nitrogens with zero attached hydrogens (tertiary/aromatic N) is 4. The Morgan fingerprint density at radius 2 is 2.29 bits per heavy atom. The Morgan fingerprint density at radius 1 is 1.35 bits per heavy atom. The summed E-state index contributed by atoms with van der Waals surface area (Å²) in [5.74, 6) is 0.863. The van der Waals surface area contributed by atoms with Gasteiger partial charge >= 0.3 is 0 Å². The van der Waals surface area contributed by atoms with E-state index in [-0.39, 0.29) is 0 Å². The number of halogens is 1. The van der Waals surface area contributed by atoms with Crippen LogP contribution in [0.25, 0.3) is 5.65 Å². The van der Waals surface area contributed by atoms with Gasteiger partial charge < -0.3 is 4.90 Å². The molecule has 2 aliphatic rings. The molecule has 1 aliphatic carbocycles. The summed E-state index contributed by atoms with van der Waals surface area (Å²) in [5.41, 5.74) is 2.06. The van der Waals surface area contributed by atoms with Crippen molar-refractivity contribution in [1.82, 2.24) is 14.6 Å². The van der Waals surface area contributed by atoms with Crippen molar-refractivity contribution in [3.63, 3.8) is 0 Å². The third-order valence-corrected chi connectivity index (χ3v) is 4.21. The molecular formula is C12H13ClN4. The third kappa shape index (κ3) is 1.37. The van der Waals surface area contributed by atoms with Gasteiger partial charge in [-0.1, -0.05) is 11.6 Å². The van der Waals surface area contributed by atoms with E-state index in [1.807, 2.05) is 12.3 Å². The highest BCUT2D eigenvalue weighted by Gasteiger charge is 2.38. The Labute approximate surface area is 104 Å². The van der Waals surface area contributed by atoms with E-state index in [9.17, 15) is 0 Å². The van der Waals surface area contributed by atoms with Crippen molar-refractivity contribution in [2.24, 2.45) is 5.92 Å². The zero-order valence-electron chi connectivity index (χ0n) is 9.38. The molecule has 0 spiro atoms. The quantitative estimate of drug-likeness (QED) is 0.777. The van der Waals surface area contributed by atoms with E-state index < -0.39 is 0 Å². The van der Waals surface area contributed by atoms with E-state index in [2.05, 4.69) is 15.0 Å². The summed E-state index contributed by atoms with van der Waals surface area (Å²) in [5, 5.41) is 4.76. The van der Waals surface area contributed by atoms with Gasteiger partial charge in [0.05, 0.1) is 5.69 Å². The maximum Gasteiger partial charge on any atom is 0.177 e. The van der Waals surface area contributed by atoms with Gasteiger partial charge in [0.15, 0.2) is 10.8 Å². The molecule has 2 aromatic heterocycles. The number of rotatable bonds is 1. The highest BCUT2D eigenvalue weighted by molar-refractivity contribution is 6.29. The predicted molar refractivity (Wildman–Crippen MR) is 66.5 cm³/mol. The van der Waals surface area contributed by atoms with Gasteiger partial charge in [0.25, 0.3) is 0 Å². The molecule has 4 rings (SSSR count). The summed E-state index contributed by atoms with van der Waals surface area (Å²) in [6.07, 6.45) is 7.63. The smallest absolute Gasteiger partial charge is 0.177 e. The number of hydrogen-bond acceptors (Lipinski definition) is 3. The molecule has 0 N–H and O–H groups in total. The van der Waals surface area contributed by atoms with Gasteiger partial charge in [-0.05, 0) is 25.2 Å². The van der Waals surface area contributed by atoms with Crippen LogP contribution in [0.3, 0.4) is 0 Å². The van der Waals surface area contributed by atoms with Gasteiger partial charge in [0.2, 0.25) is 0 Å². The molecule has 3 heterocycles. The summed E-state index contributed by atoms with van der Waals surface area (Å²) in [6.45, 7) is 1.15. The van der Waals surface area contributed by atoms with E-state index in [4.69, 9.17) is 11.6 Å². The van der Waals surface area contributed by atoms with E-state index in [1.165, 1.54) is 19.3 Å². The molecule has 0 aromatic carbocycles. The Bertz CT molecular complexity index is 579. The first-order valence-electron chi connectivity index (χ1n) is 6.08. The molecule has 2 unspecified atom stereocenters. The number of imidazole rings is 1. The van der Waals surface area contributed by atoms with Crippen LogP contribution in [-0.2, 0) is 0 Å². The summed E-state index contributed by atoms with van der Waals surface area (Å²) in [4.78, 5) is 6.85. The maximum atomic E-state index is 6.07. The van der Waals surface area contributed by atoms with Gasteiger partial charge in [0.1, 0.15) is 0 Å². The fourth-order valence-corrected chi connectivity index (χ4v) is 3.49. The predicted octanol–water partition coefficient (Wildman–Crippen LogP) is 2.37. The lowest BCUT2D eigenvalue weighted by molar-refractivity contribution is 0.553. The van der Waals surface area contributed by atoms with Crippen molar-refractivity contribution < 1.29 is 0 Å². The van der Waals surface area contributed by atoms with Crippen molar-refractivity contribution in [1.29, 1.82) is 0 Å². The van der Waals surface area contributed by atoms with Crippen LogP contribution in [0.15, 0.2) is 18.5 Å². The van der Waals surface area contributed by atoms with E-state index in [1.54, 1.807) is 10.7 Å². The van der Waals surface area contributed by atoms with Gasteiger partial charge in [-0.15, -0.1) is 0 Å². The summed E-state index contributed by atoms with van der Waals surface area (Å²) < 4.78 is 1.77. The monoisotopic (exact) mass is 248 g/mol. The topological polar surface area (TPSA) is 33.4 Å². The number of anilines is 1. The Kier molecular flexibility index (Phi) is 1.92. The van der Waals surface area contributed by atoms with E-state index in [0.29, 0.717) is 11.2 Å². The summed E-state index contributed by atoms with van der Waals surface area (Å²) >= 11 is 6.07. The molecule has 17 heavy (non-hydrogen) atoms. The van der Waals surface area contributed by atoms with Crippen molar-refractivity contribution in [2.45, 2.75) is 25.3 Å². The zero-order chi connectivity index (χ0) is 11.4. The first-order chi connectivity index (χ1) is 8.31. The molecule has 0 amide bonds. The van der Waals surface area contributed by atoms with Gasteiger partial charge in [-0.2, -0.15) is 5.10 Å². The molecule has 2 atom stereocenters. The van der Waals surface area contributed by atoms with Crippen LogP contribution < -0.4 is 4.90 Å². The molecule has 1 aliphatic heterocycles. The van der Waals surface area contributed by atoms with Crippen molar-refractivity contribution in [3.05, 3.63) is 23.6 Å². The van der Waals surface area contributed by atoms with Crippen LogP contribution in [0.2, 0.25) is 5.15 Å². The Balaban J connectivity index is 1.87. The standard InChI is InChI=1S/C12H13ClN4/c13-11-6-10(12-14-3-4-17(12)15-11)16-7-8-1-2-9(16)5-8/h3-4,6,8-9H,1-2,5,7H2. The average molecular weight is 249 g/mol. The molecule has 88 valence electrons. The minimum absolute atomic E-state index is 0.535. The number of fused-ring (bicyclic) bond motifs is 3. The molecule has 1 saturated carbocycles. The summed E-state index contributed by atoms with van der Waals surface area (Å²) in [7, 11) is 0. The Morgan fingerprint density at radius 3 is 3.06 bits per heavy atom. The van der Waals surface area contributed by atoms with Crippen LogP contribution in [0.1, 0.15) is 19.3 Å². The van der Waals surface area contributed by atoms with Crippen LogP contribution >= 0.6 is 11.6 Å². The van der Waals surface area contributed by atoms with Gasteiger partial charge in [0, 0.05) is 31.0 Å². The van der Waals surface area contributed by atoms with Crippen molar-refractivity contribution in [2.75, 3.05) is 11.4 Å². The minimum atomic E-state index is 0.535. The number of aromatic nitrogens is 3. The normalized spacial score (nSPS) is 27.2. The van der Waals surface area contributed by atoms with Crippen molar-refractivity contribution in [3.8, 4) is 0 Å². The molecule has 2 bridgehead atoms. The van der Waals surface area contributed by atoms with Crippen molar-refractivity contribution >= 4 is 22.9 Å².